The van der Waals surface area contributed by atoms with Crippen molar-refractivity contribution in [3.63, 3.8) is 0 Å². The van der Waals surface area contributed by atoms with E-state index < -0.39 is 5.97 Å². The van der Waals surface area contributed by atoms with Crippen LogP contribution in [0.15, 0.2) is 12.2 Å². The van der Waals surface area contributed by atoms with Gasteiger partial charge in [-0.15, -0.1) is 0 Å². The van der Waals surface area contributed by atoms with Crippen molar-refractivity contribution in [1.82, 2.24) is 0 Å². The van der Waals surface area contributed by atoms with Crippen LogP contribution < -0.4 is 56.5 Å². The van der Waals surface area contributed by atoms with Crippen LogP contribution in [0.3, 0.4) is 0 Å². The molecule has 0 aliphatic heterocycles. The van der Waals surface area contributed by atoms with Crippen LogP contribution in [-0.4, -0.2) is 5.97 Å². The van der Waals surface area contributed by atoms with Crippen molar-refractivity contribution in [2.45, 2.75) is 6.92 Å². The molecule has 34 valence electrons. The van der Waals surface area contributed by atoms with Crippen LogP contribution in [0.25, 0.3) is 0 Å². The monoisotopic (exact) mass is 124 g/mol. The van der Waals surface area contributed by atoms with Crippen molar-refractivity contribution in [2.24, 2.45) is 0 Å². The Labute approximate surface area is 85.0 Å². The summed E-state index contributed by atoms with van der Waals surface area (Å²) in [4.78, 5) is 9.40. The summed E-state index contributed by atoms with van der Waals surface area (Å²) in [5, 5.41) is 9.40. The molecule has 0 saturated heterocycles. The molecule has 0 spiro atoms. The topological polar surface area (TPSA) is 40.1 Å². The van der Waals surface area contributed by atoms with Gasteiger partial charge in [0.05, 0.1) is 5.97 Å². The summed E-state index contributed by atoms with van der Waals surface area (Å²) in [6.45, 7) is 1.62. The number of allylic oxidation sites excluding steroid dienone is 1. The quantitative estimate of drug-likeness (QED) is 0.267. The van der Waals surface area contributed by atoms with Gasteiger partial charge in [-0.2, -0.15) is 0 Å². The molecule has 0 aliphatic rings. The van der Waals surface area contributed by atoms with Crippen LogP contribution in [0, 0.1) is 0 Å². The van der Waals surface area contributed by atoms with Crippen molar-refractivity contribution in [3.05, 3.63) is 12.2 Å². The molecule has 0 amide bonds. The van der Waals surface area contributed by atoms with Gasteiger partial charge in [0.2, 0.25) is 0 Å². The van der Waals surface area contributed by atoms with Crippen molar-refractivity contribution >= 4 is 5.97 Å². The van der Waals surface area contributed by atoms with Gasteiger partial charge in [-0.3, -0.25) is 0 Å². The van der Waals surface area contributed by atoms with Gasteiger partial charge in [0.1, 0.15) is 0 Å². The molecule has 7 heavy (non-hydrogen) atoms. The van der Waals surface area contributed by atoms with Crippen LogP contribution in [-0.2, 0) is 4.79 Å². The fourth-order valence-corrected chi connectivity index (χ4v) is 0.136. The summed E-state index contributed by atoms with van der Waals surface area (Å²) in [6.07, 6.45) is 2.38. The van der Waals surface area contributed by atoms with E-state index in [0.717, 1.165) is 6.08 Å². The Bertz CT molecular complexity index is 77.8. The van der Waals surface area contributed by atoms with Crippen molar-refractivity contribution in [1.29, 1.82) is 0 Å². The normalized spacial score (nSPS) is 8.14. The van der Waals surface area contributed by atoms with E-state index in [0.29, 0.717) is 0 Å². The Morgan fingerprint density at radius 3 is 2.14 bits per heavy atom. The number of rotatable bonds is 1. The molecule has 0 unspecified atom stereocenters. The van der Waals surface area contributed by atoms with Crippen LogP contribution in [0.2, 0.25) is 0 Å². The zero-order valence-corrected chi connectivity index (χ0v) is 7.59. The van der Waals surface area contributed by atoms with Gasteiger partial charge < -0.3 is 9.90 Å². The van der Waals surface area contributed by atoms with E-state index in [1.807, 2.05) is 0 Å². The molecular formula is C4H5KO2. The van der Waals surface area contributed by atoms with Gasteiger partial charge in [-0.1, -0.05) is 6.08 Å². The molecule has 0 aromatic carbocycles. The first-order valence-electron chi connectivity index (χ1n) is 1.61. The van der Waals surface area contributed by atoms with Gasteiger partial charge >= 0.3 is 51.4 Å². The van der Waals surface area contributed by atoms with Crippen LogP contribution in [0.4, 0.5) is 0 Å². The summed E-state index contributed by atoms with van der Waals surface area (Å²) in [7, 11) is 0. The molecule has 0 saturated carbocycles. The number of carbonyl (C=O) groups excluding carboxylic acids is 1. The van der Waals surface area contributed by atoms with Gasteiger partial charge in [-0.05, 0) is 13.0 Å². The van der Waals surface area contributed by atoms with E-state index in [1.54, 1.807) is 6.92 Å². The molecule has 0 aromatic heterocycles. The van der Waals surface area contributed by atoms with Crippen molar-refractivity contribution < 1.29 is 61.3 Å². The molecule has 0 rings (SSSR count). The van der Waals surface area contributed by atoms with E-state index in [4.69, 9.17) is 0 Å². The van der Waals surface area contributed by atoms with Crippen LogP contribution >= 0.6 is 0 Å². The van der Waals surface area contributed by atoms with E-state index in [2.05, 4.69) is 0 Å². The summed E-state index contributed by atoms with van der Waals surface area (Å²) in [5.41, 5.74) is 0. The second-order valence-corrected chi connectivity index (χ2v) is 0.819. The van der Waals surface area contributed by atoms with Gasteiger partial charge in [0.25, 0.3) is 0 Å². The number of aliphatic carboxylic acids is 1. The SMILES string of the molecule is C/C=C/C(=O)[O-].[K+]. The number of carbonyl (C=O) groups is 1. The second-order valence-electron chi connectivity index (χ2n) is 0.819. The molecule has 0 bridgehead atoms. The standard InChI is InChI=1S/C4H6O2.K/c1-2-3-4(5)6;/h2-3H,1H3,(H,5,6);/q;+1/p-1/b3-2+;. The predicted octanol–water partition coefficient (Wildman–Crippen LogP) is -3.68. The van der Waals surface area contributed by atoms with E-state index >= 15 is 0 Å². The average Bonchev–Trinajstić information content (AvgIpc) is 1.35. The van der Waals surface area contributed by atoms with Crippen molar-refractivity contribution in [2.75, 3.05) is 0 Å². The predicted molar refractivity (Wildman–Crippen MR) is 19.8 cm³/mol. The maximum atomic E-state index is 9.40. The van der Waals surface area contributed by atoms with Crippen LogP contribution in [0.1, 0.15) is 6.92 Å². The Morgan fingerprint density at radius 2 is 2.14 bits per heavy atom. The number of carboxylic acids is 1. The molecular weight excluding hydrogens is 119 g/mol. The first-order valence-corrected chi connectivity index (χ1v) is 1.61. The Morgan fingerprint density at radius 1 is 1.71 bits per heavy atom. The molecule has 0 aliphatic carbocycles. The molecule has 0 aromatic rings. The molecule has 0 fully saturated rings. The number of hydrogen-bond donors (Lipinski definition) is 0. The summed E-state index contributed by atoms with van der Waals surface area (Å²) >= 11 is 0. The number of carboxylic acid groups (broad SMARTS) is 1. The minimum absolute atomic E-state index is 0. The largest absolute Gasteiger partial charge is 1.00 e. The molecule has 3 heteroatoms. The Hall–Kier alpha value is 0.846. The minimum atomic E-state index is -1.14. The Kier molecular flexibility index (Phi) is 10.5. The maximum absolute atomic E-state index is 9.40. The zero-order chi connectivity index (χ0) is 4.99. The Balaban J connectivity index is 0. The summed E-state index contributed by atoms with van der Waals surface area (Å²) < 4.78 is 0. The van der Waals surface area contributed by atoms with E-state index in [1.165, 1.54) is 6.08 Å². The third kappa shape index (κ3) is 10.9. The van der Waals surface area contributed by atoms with Gasteiger partial charge in [-0.25, -0.2) is 0 Å². The third-order valence-corrected chi connectivity index (χ3v) is 0.303. The van der Waals surface area contributed by atoms with E-state index in [9.17, 15) is 9.90 Å². The first-order chi connectivity index (χ1) is 2.77. The third-order valence-electron chi connectivity index (χ3n) is 0.303. The summed E-state index contributed by atoms with van der Waals surface area (Å²) in [5.74, 6) is -1.14. The fourth-order valence-electron chi connectivity index (χ4n) is 0.136. The molecule has 2 nitrogen and oxygen atoms in total. The van der Waals surface area contributed by atoms with E-state index in [-0.39, 0.29) is 51.4 Å². The van der Waals surface area contributed by atoms with Crippen molar-refractivity contribution in [3.8, 4) is 0 Å². The van der Waals surface area contributed by atoms with Gasteiger partial charge in [0.15, 0.2) is 0 Å². The van der Waals surface area contributed by atoms with Crippen LogP contribution in [0.5, 0.6) is 0 Å². The first kappa shape index (κ1) is 10.8. The smallest absolute Gasteiger partial charge is 0.545 e. The molecule has 0 N–H and O–H groups in total. The molecule has 0 heterocycles. The maximum Gasteiger partial charge on any atom is 1.00 e. The fraction of sp³-hybridized carbons (Fsp3) is 0.250. The zero-order valence-electron chi connectivity index (χ0n) is 4.47. The number of hydrogen-bond acceptors (Lipinski definition) is 2. The second kappa shape index (κ2) is 6.85. The average molecular weight is 124 g/mol. The van der Waals surface area contributed by atoms with Gasteiger partial charge in [0, 0.05) is 0 Å². The molecule has 0 radical (unpaired) electrons. The minimum Gasteiger partial charge on any atom is -0.545 e. The molecule has 0 atom stereocenters. The summed E-state index contributed by atoms with van der Waals surface area (Å²) in [6, 6.07) is 0.